The Kier molecular flexibility index (Phi) is 10.3. The van der Waals surface area contributed by atoms with E-state index < -0.39 is 24.4 Å². The van der Waals surface area contributed by atoms with Crippen molar-refractivity contribution in [3.8, 4) is 0 Å². The van der Waals surface area contributed by atoms with Gasteiger partial charge < -0.3 is 8.39 Å². The van der Waals surface area contributed by atoms with Crippen LogP contribution in [-0.4, -0.2) is 21.0 Å². The van der Waals surface area contributed by atoms with Crippen molar-refractivity contribution in [2.45, 2.75) is 51.4 Å². The van der Waals surface area contributed by atoms with E-state index in [9.17, 15) is 4.89 Å². The summed E-state index contributed by atoms with van der Waals surface area (Å²) in [5, 5.41) is 12.4. The van der Waals surface area contributed by atoms with Crippen LogP contribution >= 0.6 is 8.24 Å². The van der Waals surface area contributed by atoms with Crippen molar-refractivity contribution in [1.82, 2.24) is 0 Å². The van der Waals surface area contributed by atoms with Crippen LogP contribution in [0.5, 0.6) is 0 Å². The number of hydrogen-bond donors (Lipinski definition) is 1. The lowest BCUT2D eigenvalue weighted by Crippen LogP contribution is -2.75. The Morgan fingerprint density at radius 1 is 0.355 bits per heavy atom. The van der Waals surface area contributed by atoms with Gasteiger partial charge in [-0.15, -0.1) is 0 Å². The van der Waals surface area contributed by atoms with Gasteiger partial charge in [0.05, 0.1) is 0 Å². The summed E-state index contributed by atoms with van der Waals surface area (Å²) in [4.78, 5) is 12.6. The van der Waals surface area contributed by atoms with Gasteiger partial charge in [0.2, 0.25) is 0 Å². The van der Waals surface area contributed by atoms with Crippen LogP contribution in [0.3, 0.4) is 0 Å². The molecule has 62 heavy (non-hydrogen) atoms. The zero-order chi connectivity index (χ0) is 41.5. The minimum absolute atomic E-state index is 0.803. The Hall–Kier alpha value is -5.95. The Morgan fingerprint density at radius 3 is 0.887 bits per heavy atom. The fraction of sp³-hybridized carbons (Fsp3) is 0.143. The van der Waals surface area contributed by atoms with Crippen molar-refractivity contribution in [2.24, 2.45) is 0 Å². The van der Waals surface area contributed by atoms with Crippen LogP contribution in [0.4, 0.5) is 0 Å². The number of fused-ring (bicyclic) bond motifs is 7. The summed E-state index contributed by atoms with van der Waals surface area (Å²) in [5.74, 6) is 0. The highest BCUT2D eigenvalue weighted by Gasteiger charge is 2.47. The van der Waals surface area contributed by atoms with Crippen LogP contribution in [-0.2, 0) is 25.7 Å². The second-order valence-electron chi connectivity index (χ2n) is 17.1. The van der Waals surface area contributed by atoms with E-state index in [0.717, 1.165) is 73.3 Å². The second kappa shape index (κ2) is 16.4. The Morgan fingerprint density at radius 2 is 0.613 bits per heavy atom. The molecule has 0 bridgehead atoms. The Bertz CT molecular complexity index is 2670. The third-order valence-corrected chi connectivity index (χ3v) is 24.1. The van der Waals surface area contributed by atoms with Gasteiger partial charge in [0.15, 0.2) is 16.1 Å². The number of hydrogen-bond acceptors (Lipinski definition) is 3. The molecule has 3 nitrogen and oxygen atoms in total. The molecule has 2 aliphatic carbocycles. The Labute approximate surface area is 367 Å². The van der Waals surface area contributed by atoms with Crippen molar-refractivity contribution >= 4 is 87.8 Å². The van der Waals surface area contributed by atoms with Gasteiger partial charge in [-0.25, -0.2) is 0 Å². The van der Waals surface area contributed by atoms with E-state index in [2.05, 4.69) is 194 Å². The summed E-state index contributed by atoms with van der Waals surface area (Å²) in [6.07, 6.45) is 8.42. The monoisotopic (exact) mass is 856 g/mol. The minimum Gasteiger partial charge on any atom is -0.399 e. The molecule has 6 heteroatoms. The molecule has 0 radical (unpaired) electrons. The van der Waals surface area contributed by atoms with Crippen molar-refractivity contribution < 1.29 is 13.3 Å². The van der Waals surface area contributed by atoms with Gasteiger partial charge in [0.25, 0.3) is 0 Å². The van der Waals surface area contributed by atoms with E-state index in [0.29, 0.717) is 0 Å². The lowest BCUT2D eigenvalue weighted by molar-refractivity contribution is 0.496. The van der Waals surface area contributed by atoms with Crippen LogP contribution in [0, 0.1) is 0 Å². The molecule has 0 aliphatic heterocycles. The summed E-state index contributed by atoms with van der Waals surface area (Å²) in [5.41, 5.74) is 7.12. The molecular weight excluding hydrogens is 808 g/mol. The van der Waals surface area contributed by atoms with Gasteiger partial charge in [-0.05, 0) is 115 Å². The highest BCUT2D eigenvalue weighted by molar-refractivity contribution is 7.30. The fourth-order valence-electron chi connectivity index (χ4n) is 11.3. The lowest BCUT2D eigenvalue weighted by atomic mass is 9.84. The van der Waals surface area contributed by atoms with Gasteiger partial charge >= 0.3 is 8.24 Å². The normalized spacial score (nSPS) is 14.0. The van der Waals surface area contributed by atoms with Crippen LogP contribution in [0.25, 0.3) is 21.9 Å². The zero-order valence-electron chi connectivity index (χ0n) is 34.8. The summed E-state index contributed by atoms with van der Waals surface area (Å²) in [7, 11) is -8.67. The summed E-state index contributed by atoms with van der Waals surface area (Å²) in [6, 6.07) is 71.8. The maximum Gasteiger partial charge on any atom is 0.384 e. The second-order valence-corrected chi connectivity index (χ2v) is 25.4. The molecule has 1 heterocycles. The molecule has 0 unspecified atom stereocenters. The molecule has 8 aromatic carbocycles. The quantitative estimate of drug-likeness (QED) is 0.123. The fourth-order valence-corrected chi connectivity index (χ4v) is 22.0. The van der Waals surface area contributed by atoms with Crippen molar-refractivity contribution in [2.75, 3.05) is 0 Å². The maximum atomic E-state index is 12.6. The molecule has 0 atom stereocenters. The van der Waals surface area contributed by atoms with Crippen molar-refractivity contribution in [3.63, 3.8) is 0 Å². The van der Waals surface area contributed by atoms with E-state index in [-0.39, 0.29) is 0 Å². The third-order valence-electron chi connectivity index (χ3n) is 13.8. The molecule has 0 amide bonds. The van der Waals surface area contributed by atoms with E-state index in [1.165, 1.54) is 63.7 Å². The predicted molar refractivity (Wildman–Crippen MR) is 264 cm³/mol. The molecule has 0 saturated carbocycles. The zero-order valence-corrected chi connectivity index (χ0v) is 37.7. The highest BCUT2D eigenvalue weighted by atomic mass is 31.1. The smallest absolute Gasteiger partial charge is 0.384 e. The average molecular weight is 857 g/mol. The van der Waals surface area contributed by atoms with Gasteiger partial charge in [-0.1, -0.05) is 194 Å². The Balaban J connectivity index is 1.40. The molecule has 304 valence electrons. The molecule has 0 spiro atoms. The van der Waals surface area contributed by atoms with Gasteiger partial charge in [-0.3, -0.25) is 4.89 Å². The van der Waals surface area contributed by atoms with E-state index in [4.69, 9.17) is 8.39 Å². The summed E-state index contributed by atoms with van der Waals surface area (Å²) >= 11 is 0. The number of rotatable bonds is 8. The third kappa shape index (κ3) is 6.25. The first-order valence-corrected chi connectivity index (χ1v) is 27.4. The van der Waals surface area contributed by atoms with Crippen LogP contribution in [0.1, 0.15) is 47.9 Å². The van der Waals surface area contributed by atoms with Gasteiger partial charge in [0.1, 0.15) is 11.2 Å². The largest absolute Gasteiger partial charge is 0.399 e. The molecule has 2 aliphatic rings. The SMILES string of the molecule is Op1oc2c([Si](c3ccccc3)(c3ccccc3)c3ccccc3)cc3c(c2c2c4c(cc([Si](c5ccccc5)(c5ccccc5)c5ccccc5)c2o1)CCCC4)CCCC3. The van der Waals surface area contributed by atoms with Gasteiger partial charge in [-0.2, -0.15) is 0 Å². The van der Waals surface area contributed by atoms with Crippen LogP contribution in [0.15, 0.2) is 203 Å². The first-order valence-electron chi connectivity index (χ1n) is 22.3. The molecule has 0 saturated heterocycles. The molecule has 1 N–H and O–H groups in total. The number of benzene rings is 8. The first kappa shape index (κ1) is 38.9. The lowest BCUT2D eigenvalue weighted by Gasteiger charge is -2.36. The van der Waals surface area contributed by atoms with Crippen molar-refractivity contribution in [3.05, 3.63) is 216 Å². The maximum absolute atomic E-state index is 12.6. The minimum atomic E-state index is -3.13. The molecular formula is C56H49O3PSi2. The molecule has 0 fully saturated rings. The molecule has 1 aromatic heterocycles. The van der Waals surface area contributed by atoms with Crippen LogP contribution in [0.2, 0.25) is 0 Å². The number of aryl methyl sites for hydroxylation is 4. The predicted octanol–water partition coefficient (Wildman–Crippen LogP) is 8.56. The molecule has 11 rings (SSSR count). The first-order chi connectivity index (χ1) is 30.7. The van der Waals surface area contributed by atoms with E-state index >= 15 is 0 Å². The van der Waals surface area contributed by atoms with E-state index in [1.54, 1.807) is 0 Å². The van der Waals surface area contributed by atoms with E-state index in [1.807, 2.05) is 0 Å². The summed E-state index contributed by atoms with van der Waals surface area (Å²) < 4.78 is 14.5. The van der Waals surface area contributed by atoms with Crippen LogP contribution < -0.4 is 41.5 Å². The topological polar surface area (TPSA) is 46.5 Å². The van der Waals surface area contributed by atoms with Crippen molar-refractivity contribution in [1.29, 1.82) is 0 Å². The summed E-state index contributed by atoms with van der Waals surface area (Å²) in [6.45, 7) is 0. The average Bonchev–Trinajstić information content (AvgIpc) is 3.51. The highest BCUT2D eigenvalue weighted by Crippen LogP contribution is 2.42. The molecule has 9 aromatic rings. The standard InChI is InChI=1S/C56H49O3PSi2/c57-60-58-55-51(61(43-25-7-1-8-26-43,44-27-9-2-10-28-44)45-29-11-3-12-30-45)39-41-23-19-21-37-49(41)53(55)54-50-38-22-20-24-42(50)40-52(56(54)59-60)62(46-31-13-4-14-32-46,47-33-15-5-16-34-47)48-35-17-6-18-36-48/h1-18,25-36,39-40,57H,19-24,37-38H2. The van der Waals surface area contributed by atoms with Gasteiger partial charge in [0, 0.05) is 10.8 Å².